The predicted octanol–water partition coefficient (Wildman–Crippen LogP) is 4.84. The second-order valence-corrected chi connectivity index (χ2v) is 5.75. The Balaban J connectivity index is 2.15. The molecule has 0 aliphatic carbocycles. The molecule has 2 aromatic rings. The quantitative estimate of drug-likeness (QED) is 0.621. The van der Waals surface area contributed by atoms with Gasteiger partial charge in [-0.15, -0.1) is 0 Å². The van der Waals surface area contributed by atoms with Crippen LogP contribution in [0.25, 0.3) is 0 Å². The third-order valence-corrected chi connectivity index (χ3v) is 4.05. The summed E-state index contributed by atoms with van der Waals surface area (Å²) < 4.78 is 0.829. The first-order chi connectivity index (χ1) is 10.0. The van der Waals surface area contributed by atoms with Crippen LogP contribution in [-0.2, 0) is 13.0 Å². The highest BCUT2D eigenvalue weighted by Crippen LogP contribution is 2.30. The van der Waals surface area contributed by atoms with E-state index in [1.54, 1.807) is 19.1 Å². The Morgan fingerprint density at radius 1 is 1.19 bits per heavy atom. The lowest BCUT2D eigenvalue weighted by molar-refractivity contribution is -0.385. The van der Waals surface area contributed by atoms with E-state index in [2.05, 4.69) is 52.4 Å². The first-order valence-corrected chi connectivity index (χ1v) is 7.56. The molecule has 0 saturated heterocycles. The van der Waals surface area contributed by atoms with Crippen LogP contribution in [0.4, 0.5) is 11.4 Å². The first kappa shape index (κ1) is 15.5. The Bertz CT molecular complexity index is 654. The molecule has 0 amide bonds. The summed E-state index contributed by atoms with van der Waals surface area (Å²) in [5, 5.41) is 14.2. The van der Waals surface area contributed by atoms with Crippen molar-refractivity contribution in [2.75, 3.05) is 5.32 Å². The highest BCUT2D eigenvalue weighted by molar-refractivity contribution is 9.10. The number of anilines is 1. The lowest BCUT2D eigenvalue weighted by Crippen LogP contribution is -2.02. The van der Waals surface area contributed by atoms with Crippen molar-refractivity contribution in [1.82, 2.24) is 0 Å². The summed E-state index contributed by atoms with van der Waals surface area (Å²) in [6.45, 7) is 4.48. The lowest BCUT2D eigenvalue weighted by Gasteiger charge is -2.10. The van der Waals surface area contributed by atoms with Crippen molar-refractivity contribution < 1.29 is 4.92 Å². The average Bonchev–Trinajstić information content (AvgIpc) is 2.46. The van der Waals surface area contributed by atoms with Gasteiger partial charge in [0.1, 0.15) is 0 Å². The van der Waals surface area contributed by atoms with Crippen LogP contribution in [0.15, 0.2) is 40.9 Å². The molecule has 0 aliphatic rings. The molecule has 1 N–H and O–H groups in total. The number of aryl methyl sites for hydroxylation is 2. The fourth-order valence-corrected chi connectivity index (χ4v) is 2.68. The summed E-state index contributed by atoms with van der Waals surface area (Å²) in [5.41, 5.74) is 3.94. The van der Waals surface area contributed by atoms with E-state index in [-0.39, 0.29) is 10.6 Å². The molecule has 0 atom stereocenters. The molecule has 0 radical (unpaired) electrons. The van der Waals surface area contributed by atoms with Crippen molar-refractivity contribution in [3.63, 3.8) is 0 Å². The fraction of sp³-hybridized carbons (Fsp3) is 0.250. The summed E-state index contributed by atoms with van der Waals surface area (Å²) in [6, 6.07) is 11.7. The molecule has 0 fully saturated rings. The van der Waals surface area contributed by atoms with E-state index in [1.807, 2.05) is 0 Å². The molecule has 110 valence electrons. The maximum atomic E-state index is 11.0. The minimum atomic E-state index is -0.358. The van der Waals surface area contributed by atoms with E-state index in [1.165, 1.54) is 5.56 Å². The zero-order chi connectivity index (χ0) is 15.4. The Hall–Kier alpha value is -1.88. The van der Waals surface area contributed by atoms with Crippen LogP contribution in [-0.4, -0.2) is 4.92 Å². The van der Waals surface area contributed by atoms with Gasteiger partial charge < -0.3 is 5.32 Å². The molecule has 0 aliphatic heterocycles. The van der Waals surface area contributed by atoms with Crippen molar-refractivity contribution in [2.45, 2.75) is 26.8 Å². The van der Waals surface area contributed by atoms with Gasteiger partial charge in [0.05, 0.1) is 10.6 Å². The van der Waals surface area contributed by atoms with E-state index >= 15 is 0 Å². The molecule has 0 unspecified atom stereocenters. The molecular formula is C16H17BrN2O2. The van der Waals surface area contributed by atoms with Crippen LogP contribution >= 0.6 is 15.9 Å². The molecule has 4 nitrogen and oxygen atoms in total. The van der Waals surface area contributed by atoms with Crippen molar-refractivity contribution in [3.05, 3.63) is 67.7 Å². The molecule has 0 saturated carbocycles. The van der Waals surface area contributed by atoms with Gasteiger partial charge in [0, 0.05) is 22.6 Å². The second-order valence-electron chi connectivity index (χ2n) is 4.90. The molecule has 0 heterocycles. The number of hydrogen-bond acceptors (Lipinski definition) is 3. The number of nitrogens with zero attached hydrogens (tertiary/aromatic N) is 1. The summed E-state index contributed by atoms with van der Waals surface area (Å²) >= 11 is 3.44. The number of nitrogens with one attached hydrogen (secondary N) is 1. The van der Waals surface area contributed by atoms with Gasteiger partial charge in [-0.3, -0.25) is 10.1 Å². The zero-order valence-corrected chi connectivity index (χ0v) is 13.6. The summed E-state index contributed by atoms with van der Waals surface area (Å²) in [4.78, 5) is 10.6. The van der Waals surface area contributed by atoms with Crippen LogP contribution < -0.4 is 5.32 Å². The van der Waals surface area contributed by atoms with Crippen molar-refractivity contribution >= 4 is 27.3 Å². The largest absolute Gasteiger partial charge is 0.380 e. The standard InChI is InChI=1S/C16H17BrN2O2/c1-3-12-4-6-13(7-5-12)10-18-15-9-16(19(20)21)11(2)8-14(15)17/h4-9,18H,3,10H2,1-2H3. The number of hydrogen-bond donors (Lipinski definition) is 1. The summed E-state index contributed by atoms with van der Waals surface area (Å²) in [5.74, 6) is 0. The van der Waals surface area contributed by atoms with Gasteiger partial charge in [-0.05, 0) is 46.5 Å². The van der Waals surface area contributed by atoms with Crippen LogP contribution in [0.1, 0.15) is 23.6 Å². The average molecular weight is 349 g/mol. The number of nitro benzene ring substituents is 1. The van der Waals surface area contributed by atoms with Crippen LogP contribution in [0, 0.1) is 17.0 Å². The minimum absolute atomic E-state index is 0.127. The number of halogens is 1. The van der Waals surface area contributed by atoms with E-state index < -0.39 is 0 Å². The fourth-order valence-electron chi connectivity index (χ4n) is 2.08. The number of nitro groups is 1. The van der Waals surface area contributed by atoms with Gasteiger partial charge in [-0.1, -0.05) is 31.2 Å². The third-order valence-electron chi connectivity index (χ3n) is 3.40. The smallest absolute Gasteiger partial charge is 0.274 e. The van der Waals surface area contributed by atoms with Crippen molar-refractivity contribution in [1.29, 1.82) is 0 Å². The van der Waals surface area contributed by atoms with E-state index in [9.17, 15) is 10.1 Å². The Kier molecular flexibility index (Phi) is 4.96. The molecule has 2 rings (SSSR count). The molecule has 0 aromatic heterocycles. The van der Waals surface area contributed by atoms with E-state index in [0.29, 0.717) is 12.1 Å². The van der Waals surface area contributed by atoms with Gasteiger partial charge >= 0.3 is 0 Å². The number of rotatable bonds is 5. The Morgan fingerprint density at radius 3 is 2.38 bits per heavy atom. The third kappa shape index (κ3) is 3.82. The maximum Gasteiger partial charge on any atom is 0.274 e. The first-order valence-electron chi connectivity index (χ1n) is 6.77. The van der Waals surface area contributed by atoms with E-state index in [4.69, 9.17) is 0 Å². The molecule has 21 heavy (non-hydrogen) atoms. The monoisotopic (exact) mass is 348 g/mol. The maximum absolute atomic E-state index is 11.0. The van der Waals surface area contributed by atoms with E-state index in [0.717, 1.165) is 22.1 Å². The van der Waals surface area contributed by atoms with Gasteiger partial charge in [0.25, 0.3) is 5.69 Å². The van der Waals surface area contributed by atoms with Crippen LogP contribution in [0.5, 0.6) is 0 Å². The highest BCUT2D eigenvalue weighted by Gasteiger charge is 2.14. The van der Waals surface area contributed by atoms with Crippen LogP contribution in [0.2, 0.25) is 0 Å². The molecule has 0 spiro atoms. The Morgan fingerprint density at radius 2 is 1.81 bits per heavy atom. The minimum Gasteiger partial charge on any atom is -0.380 e. The van der Waals surface area contributed by atoms with Gasteiger partial charge in [0.15, 0.2) is 0 Å². The van der Waals surface area contributed by atoms with Gasteiger partial charge in [0.2, 0.25) is 0 Å². The molecule has 2 aromatic carbocycles. The van der Waals surface area contributed by atoms with Crippen molar-refractivity contribution in [2.24, 2.45) is 0 Å². The second kappa shape index (κ2) is 6.72. The number of benzene rings is 2. The summed E-state index contributed by atoms with van der Waals surface area (Å²) in [6.07, 6.45) is 1.02. The van der Waals surface area contributed by atoms with Gasteiger partial charge in [-0.25, -0.2) is 0 Å². The molecule has 0 bridgehead atoms. The molecule has 5 heteroatoms. The van der Waals surface area contributed by atoms with Crippen molar-refractivity contribution in [3.8, 4) is 0 Å². The summed E-state index contributed by atoms with van der Waals surface area (Å²) in [7, 11) is 0. The lowest BCUT2D eigenvalue weighted by atomic mass is 10.1. The topological polar surface area (TPSA) is 55.2 Å². The highest BCUT2D eigenvalue weighted by atomic mass is 79.9. The van der Waals surface area contributed by atoms with Gasteiger partial charge in [-0.2, -0.15) is 0 Å². The Labute approximate surface area is 132 Å². The molecular weight excluding hydrogens is 332 g/mol. The zero-order valence-electron chi connectivity index (χ0n) is 12.0. The normalized spacial score (nSPS) is 10.4. The SMILES string of the molecule is CCc1ccc(CNc2cc([N+](=O)[O-])c(C)cc2Br)cc1. The van der Waals surface area contributed by atoms with Crippen LogP contribution in [0.3, 0.4) is 0 Å². The predicted molar refractivity (Wildman–Crippen MR) is 88.7 cm³/mol.